The normalized spacial score (nSPS) is 49.4. The quantitative estimate of drug-likeness (QED) is 0.794. The Kier molecular flexibility index (Phi) is 2.86. The summed E-state index contributed by atoms with van der Waals surface area (Å²) in [6, 6.07) is 0. The maximum atomic E-state index is 12.6. The van der Waals surface area contributed by atoms with Crippen molar-refractivity contribution >= 4 is 21.8 Å². The fraction of sp³-hybridized carbons (Fsp3) is 0.933. The first-order valence-electron chi connectivity index (χ1n) is 7.23. The monoisotopic (exact) mass is 313 g/mol. The molecular formula is C15H24BrNO. The highest BCUT2D eigenvalue weighted by atomic mass is 79.9. The summed E-state index contributed by atoms with van der Waals surface area (Å²) in [5, 5.41) is 3.99. The molecule has 0 spiro atoms. The minimum absolute atomic E-state index is 0.0366. The molecule has 1 amide bonds. The lowest BCUT2D eigenvalue weighted by Crippen LogP contribution is -2.60. The van der Waals surface area contributed by atoms with Gasteiger partial charge in [-0.05, 0) is 55.3 Å². The number of halogens is 1. The van der Waals surface area contributed by atoms with Gasteiger partial charge in [0.05, 0.1) is 5.41 Å². The average molecular weight is 314 g/mol. The Morgan fingerprint density at radius 3 is 2.28 bits per heavy atom. The van der Waals surface area contributed by atoms with E-state index in [1.54, 1.807) is 0 Å². The Morgan fingerprint density at radius 2 is 1.78 bits per heavy atom. The van der Waals surface area contributed by atoms with Crippen LogP contribution in [-0.4, -0.2) is 17.8 Å². The molecular weight excluding hydrogens is 290 g/mol. The molecule has 1 N–H and O–H groups in total. The molecule has 4 bridgehead atoms. The molecule has 0 aromatic heterocycles. The van der Waals surface area contributed by atoms with Crippen LogP contribution >= 0.6 is 15.9 Å². The van der Waals surface area contributed by atoms with Gasteiger partial charge in [-0.2, -0.15) is 0 Å². The van der Waals surface area contributed by atoms with Crippen molar-refractivity contribution < 1.29 is 4.79 Å². The van der Waals surface area contributed by atoms with Crippen molar-refractivity contribution in [2.75, 3.05) is 11.9 Å². The van der Waals surface area contributed by atoms with Crippen LogP contribution in [0.25, 0.3) is 0 Å². The number of amides is 1. The molecule has 4 rings (SSSR count). The number of carbonyl (C=O) groups excluding carboxylic acids is 1. The summed E-state index contributed by atoms with van der Waals surface area (Å²) >= 11 is 3.39. The second kappa shape index (κ2) is 3.97. The second-order valence-electron chi connectivity index (χ2n) is 7.86. The average Bonchev–Trinajstić information content (AvgIpc) is 2.20. The van der Waals surface area contributed by atoms with Crippen molar-refractivity contribution in [3.8, 4) is 0 Å². The Bertz CT molecular complexity index is 363. The lowest BCUT2D eigenvalue weighted by atomic mass is 9.40. The molecule has 2 unspecified atom stereocenters. The molecule has 0 radical (unpaired) electrons. The molecule has 4 saturated carbocycles. The summed E-state index contributed by atoms with van der Waals surface area (Å²) in [6.45, 7) is 5.60. The Hall–Kier alpha value is -0.0500. The van der Waals surface area contributed by atoms with Gasteiger partial charge in [0.25, 0.3) is 0 Å². The van der Waals surface area contributed by atoms with Gasteiger partial charge in [-0.25, -0.2) is 0 Å². The van der Waals surface area contributed by atoms with Crippen molar-refractivity contribution in [2.45, 2.75) is 52.4 Å². The molecule has 0 saturated heterocycles. The molecule has 2 nitrogen and oxygen atoms in total. The summed E-state index contributed by atoms with van der Waals surface area (Å²) in [5.41, 5.74) is 0.824. The minimum Gasteiger partial charge on any atom is -0.355 e. The second-order valence-corrected chi connectivity index (χ2v) is 8.65. The topological polar surface area (TPSA) is 29.1 Å². The summed E-state index contributed by atoms with van der Waals surface area (Å²) < 4.78 is 0. The molecule has 0 aromatic carbocycles. The molecule has 102 valence electrons. The van der Waals surface area contributed by atoms with Crippen LogP contribution in [0, 0.1) is 22.2 Å². The molecule has 2 atom stereocenters. The first-order valence-corrected chi connectivity index (χ1v) is 8.35. The highest BCUT2D eigenvalue weighted by Gasteiger charge is 2.62. The van der Waals surface area contributed by atoms with Crippen molar-refractivity contribution in [2.24, 2.45) is 22.2 Å². The third kappa shape index (κ3) is 1.93. The van der Waals surface area contributed by atoms with Crippen LogP contribution in [0.1, 0.15) is 52.4 Å². The number of hydrogen-bond donors (Lipinski definition) is 1. The molecule has 4 fully saturated rings. The SMILES string of the molecule is CC12CC3CC(C)(C1)CC(C(=O)NCCBr)(C3)C2. The number of alkyl halides is 1. The number of rotatable bonds is 3. The Balaban J connectivity index is 1.86. The Labute approximate surface area is 118 Å². The van der Waals surface area contributed by atoms with Crippen molar-refractivity contribution in [1.29, 1.82) is 0 Å². The van der Waals surface area contributed by atoms with Gasteiger partial charge in [-0.3, -0.25) is 4.79 Å². The van der Waals surface area contributed by atoms with Crippen LogP contribution in [0.2, 0.25) is 0 Å². The minimum atomic E-state index is -0.0366. The predicted octanol–water partition coefficient (Wildman–Crippen LogP) is 3.49. The number of carbonyl (C=O) groups is 1. The van der Waals surface area contributed by atoms with Crippen molar-refractivity contribution in [3.63, 3.8) is 0 Å². The summed E-state index contributed by atoms with van der Waals surface area (Å²) in [4.78, 5) is 12.6. The fourth-order valence-corrected chi connectivity index (χ4v) is 6.25. The molecule has 3 heteroatoms. The molecule has 0 aliphatic heterocycles. The van der Waals surface area contributed by atoms with E-state index in [-0.39, 0.29) is 5.41 Å². The zero-order chi connectivity index (χ0) is 13.0. The highest BCUT2D eigenvalue weighted by Crippen LogP contribution is 2.69. The van der Waals surface area contributed by atoms with E-state index >= 15 is 0 Å². The molecule has 18 heavy (non-hydrogen) atoms. The van der Waals surface area contributed by atoms with E-state index in [4.69, 9.17) is 0 Å². The van der Waals surface area contributed by atoms with E-state index in [0.29, 0.717) is 16.7 Å². The van der Waals surface area contributed by atoms with E-state index in [1.807, 2.05) is 0 Å². The van der Waals surface area contributed by atoms with Crippen LogP contribution in [0.5, 0.6) is 0 Å². The van der Waals surface area contributed by atoms with Gasteiger partial charge in [0.15, 0.2) is 0 Å². The fourth-order valence-electron chi connectivity index (χ4n) is 6.05. The molecule has 4 aliphatic carbocycles. The smallest absolute Gasteiger partial charge is 0.226 e. The third-order valence-electron chi connectivity index (χ3n) is 5.49. The summed E-state index contributed by atoms with van der Waals surface area (Å²) in [5.74, 6) is 1.13. The predicted molar refractivity (Wildman–Crippen MR) is 76.6 cm³/mol. The number of hydrogen-bond acceptors (Lipinski definition) is 1. The first kappa shape index (κ1) is 13.0. The van der Waals surface area contributed by atoms with E-state index < -0.39 is 0 Å². The maximum absolute atomic E-state index is 12.6. The van der Waals surface area contributed by atoms with Crippen LogP contribution in [0.3, 0.4) is 0 Å². The Morgan fingerprint density at radius 1 is 1.17 bits per heavy atom. The summed E-state index contributed by atoms with van der Waals surface area (Å²) in [7, 11) is 0. The van der Waals surface area contributed by atoms with Crippen LogP contribution in [-0.2, 0) is 4.79 Å². The van der Waals surface area contributed by atoms with E-state index in [0.717, 1.165) is 37.1 Å². The van der Waals surface area contributed by atoms with E-state index in [2.05, 4.69) is 35.1 Å². The number of nitrogens with one attached hydrogen (secondary N) is 1. The van der Waals surface area contributed by atoms with E-state index in [1.165, 1.54) is 19.3 Å². The molecule has 0 heterocycles. The van der Waals surface area contributed by atoms with Gasteiger partial charge in [-0.15, -0.1) is 0 Å². The first-order chi connectivity index (χ1) is 8.39. The van der Waals surface area contributed by atoms with Gasteiger partial charge in [0, 0.05) is 11.9 Å². The van der Waals surface area contributed by atoms with Gasteiger partial charge in [-0.1, -0.05) is 29.8 Å². The lowest BCUT2D eigenvalue weighted by Gasteiger charge is -2.64. The van der Waals surface area contributed by atoms with Crippen molar-refractivity contribution in [1.82, 2.24) is 5.32 Å². The van der Waals surface area contributed by atoms with E-state index in [9.17, 15) is 4.79 Å². The summed E-state index contributed by atoms with van der Waals surface area (Å²) in [6.07, 6.45) is 7.45. The standard InChI is InChI=1S/C15H24BrNO/c1-13-5-11-6-14(2,8-13)10-15(7-11,9-13)12(18)17-4-3-16/h11H,3-10H2,1-2H3,(H,17,18). The van der Waals surface area contributed by atoms with Gasteiger partial charge >= 0.3 is 0 Å². The third-order valence-corrected chi connectivity index (χ3v) is 5.88. The zero-order valence-electron chi connectivity index (χ0n) is 11.5. The van der Waals surface area contributed by atoms with Crippen LogP contribution < -0.4 is 5.32 Å². The molecule has 0 aromatic rings. The van der Waals surface area contributed by atoms with Crippen LogP contribution in [0.15, 0.2) is 0 Å². The lowest BCUT2D eigenvalue weighted by molar-refractivity contribution is -0.170. The van der Waals surface area contributed by atoms with Gasteiger partial charge in [0.1, 0.15) is 0 Å². The van der Waals surface area contributed by atoms with Gasteiger partial charge in [0.2, 0.25) is 5.91 Å². The van der Waals surface area contributed by atoms with Crippen molar-refractivity contribution in [3.05, 3.63) is 0 Å². The highest BCUT2D eigenvalue weighted by molar-refractivity contribution is 9.09. The molecule has 4 aliphatic rings. The zero-order valence-corrected chi connectivity index (χ0v) is 13.1. The van der Waals surface area contributed by atoms with Crippen LogP contribution in [0.4, 0.5) is 0 Å². The van der Waals surface area contributed by atoms with Gasteiger partial charge < -0.3 is 5.32 Å². The largest absolute Gasteiger partial charge is 0.355 e. The maximum Gasteiger partial charge on any atom is 0.226 e.